The Labute approximate surface area is 178 Å². The Balaban J connectivity index is 1.69. The van der Waals surface area contributed by atoms with Crippen LogP contribution < -0.4 is 0 Å². The summed E-state index contributed by atoms with van der Waals surface area (Å²) in [7, 11) is 0. The van der Waals surface area contributed by atoms with Crippen molar-refractivity contribution >= 4 is 32.9 Å². The van der Waals surface area contributed by atoms with E-state index < -0.39 is 5.97 Å². The summed E-state index contributed by atoms with van der Waals surface area (Å²) < 4.78 is 3.30. The van der Waals surface area contributed by atoms with Gasteiger partial charge in [0.05, 0.1) is 16.6 Å². The van der Waals surface area contributed by atoms with E-state index in [9.17, 15) is 9.90 Å². The highest BCUT2D eigenvalue weighted by atomic mass is 79.9. The average Bonchev–Trinajstić information content (AvgIpc) is 3.05. The van der Waals surface area contributed by atoms with E-state index in [1.807, 2.05) is 36.4 Å². The third-order valence-corrected chi connectivity index (χ3v) is 5.52. The lowest BCUT2D eigenvalue weighted by Gasteiger charge is -2.11. The van der Waals surface area contributed by atoms with Crippen LogP contribution in [0.2, 0.25) is 0 Å². The lowest BCUT2D eigenvalue weighted by Crippen LogP contribution is -2.05. The van der Waals surface area contributed by atoms with Crippen LogP contribution in [0, 0.1) is 0 Å². The normalized spacial score (nSPS) is 11.1. The van der Waals surface area contributed by atoms with Crippen molar-refractivity contribution < 1.29 is 9.90 Å². The lowest BCUT2D eigenvalue weighted by atomic mass is 9.99. The monoisotopic (exact) mass is 448 g/mol. The smallest absolute Gasteiger partial charge is 0.336 e. The molecule has 0 aliphatic rings. The molecular weight excluding hydrogens is 428 g/mol. The van der Waals surface area contributed by atoms with Gasteiger partial charge >= 0.3 is 5.97 Å². The molecule has 0 spiro atoms. The van der Waals surface area contributed by atoms with Crippen LogP contribution in [-0.2, 0) is 13.0 Å². The van der Waals surface area contributed by atoms with Gasteiger partial charge in [0.15, 0.2) is 0 Å². The van der Waals surface area contributed by atoms with Gasteiger partial charge in [-0.15, -0.1) is 0 Å². The Hall–Kier alpha value is -2.92. The molecule has 4 rings (SSSR count). The Morgan fingerprint density at radius 2 is 1.83 bits per heavy atom. The first-order valence-electron chi connectivity index (χ1n) is 9.63. The minimum atomic E-state index is -0.913. The molecule has 0 saturated heterocycles. The summed E-state index contributed by atoms with van der Waals surface area (Å²) in [6.45, 7) is 2.89. The van der Waals surface area contributed by atoms with Crippen molar-refractivity contribution in [2.24, 2.45) is 0 Å². The molecule has 0 unspecified atom stereocenters. The highest BCUT2D eigenvalue weighted by Crippen LogP contribution is 2.26. The van der Waals surface area contributed by atoms with Gasteiger partial charge in [0.1, 0.15) is 5.82 Å². The fraction of sp³-hybridized carbons (Fsp3) is 0.167. The molecule has 0 aliphatic carbocycles. The summed E-state index contributed by atoms with van der Waals surface area (Å²) in [6.07, 6.45) is 1.96. The van der Waals surface area contributed by atoms with Crippen molar-refractivity contribution in [2.45, 2.75) is 26.3 Å². The Morgan fingerprint density at radius 3 is 2.55 bits per heavy atom. The van der Waals surface area contributed by atoms with Crippen LogP contribution in [0.3, 0.4) is 0 Å². The van der Waals surface area contributed by atoms with E-state index in [0.29, 0.717) is 5.56 Å². The summed E-state index contributed by atoms with van der Waals surface area (Å²) in [6, 6.07) is 21.4. The molecule has 0 amide bonds. The molecule has 4 aromatic rings. The van der Waals surface area contributed by atoms with Gasteiger partial charge in [0, 0.05) is 17.4 Å². The molecule has 5 heteroatoms. The van der Waals surface area contributed by atoms with Gasteiger partial charge in [0.25, 0.3) is 0 Å². The van der Waals surface area contributed by atoms with Gasteiger partial charge in [-0.1, -0.05) is 65.3 Å². The molecule has 146 valence electrons. The summed E-state index contributed by atoms with van der Waals surface area (Å²) >= 11 is 3.57. The Bertz CT molecular complexity index is 1180. The van der Waals surface area contributed by atoms with E-state index in [1.165, 1.54) is 0 Å². The molecule has 0 fully saturated rings. The van der Waals surface area contributed by atoms with Crippen LogP contribution in [-0.4, -0.2) is 20.6 Å². The first-order valence-corrected chi connectivity index (χ1v) is 10.4. The second-order valence-electron chi connectivity index (χ2n) is 7.04. The number of hydrogen-bond acceptors (Lipinski definition) is 2. The SMILES string of the molecule is CCCc1nc2ccc(Br)cc2n1Cc1ccc(-c2ccccc2C(=O)O)cc1. The first-order chi connectivity index (χ1) is 14.1. The minimum Gasteiger partial charge on any atom is -0.478 e. The van der Waals surface area contributed by atoms with Crippen LogP contribution in [0.25, 0.3) is 22.2 Å². The van der Waals surface area contributed by atoms with Gasteiger partial charge in [-0.25, -0.2) is 9.78 Å². The van der Waals surface area contributed by atoms with E-state index in [0.717, 1.165) is 57.4 Å². The fourth-order valence-corrected chi connectivity index (χ4v) is 3.98. The van der Waals surface area contributed by atoms with Crippen molar-refractivity contribution in [2.75, 3.05) is 0 Å². The molecule has 1 N–H and O–H groups in total. The van der Waals surface area contributed by atoms with Gasteiger partial charge in [-0.3, -0.25) is 0 Å². The van der Waals surface area contributed by atoms with Crippen molar-refractivity contribution in [3.63, 3.8) is 0 Å². The van der Waals surface area contributed by atoms with E-state index in [4.69, 9.17) is 4.98 Å². The molecule has 4 nitrogen and oxygen atoms in total. The number of halogens is 1. The topological polar surface area (TPSA) is 55.1 Å². The molecule has 0 bridgehead atoms. The number of hydrogen-bond donors (Lipinski definition) is 1. The quantitative estimate of drug-likeness (QED) is 0.383. The Morgan fingerprint density at radius 1 is 1.07 bits per heavy atom. The largest absolute Gasteiger partial charge is 0.478 e. The zero-order valence-corrected chi connectivity index (χ0v) is 17.7. The van der Waals surface area contributed by atoms with Crippen molar-refractivity contribution in [1.29, 1.82) is 0 Å². The van der Waals surface area contributed by atoms with Gasteiger partial charge in [-0.2, -0.15) is 0 Å². The molecular formula is C24H21BrN2O2. The number of carboxylic acids is 1. The molecule has 0 aliphatic heterocycles. The average molecular weight is 449 g/mol. The minimum absolute atomic E-state index is 0.316. The highest BCUT2D eigenvalue weighted by Gasteiger charge is 2.13. The number of benzene rings is 3. The molecule has 3 aromatic carbocycles. The summed E-state index contributed by atoms with van der Waals surface area (Å²) in [5.74, 6) is 0.172. The summed E-state index contributed by atoms with van der Waals surface area (Å²) in [5.41, 5.74) is 5.22. The van der Waals surface area contributed by atoms with E-state index >= 15 is 0 Å². The third-order valence-electron chi connectivity index (χ3n) is 5.03. The number of fused-ring (bicyclic) bond motifs is 1. The van der Waals surface area contributed by atoms with E-state index in [2.05, 4.69) is 45.6 Å². The molecule has 0 radical (unpaired) electrons. The standard InChI is InChI=1S/C24H21BrN2O2/c1-2-5-23-26-21-13-12-18(25)14-22(21)27(23)15-16-8-10-17(11-9-16)19-6-3-4-7-20(19)24(28)29/h3-4,6-14H,2,5,15H2,1H3,(H,28,29). The second-order valence-corrected chi connectivity index (χ2v) is 7.96. The van der Waals surface area contributed by atoms with Crippen LogP contribution in [0.1, 0.15) is 35.1 Å². The maximum absolute atomic E-state index is 11.5. The Kier molecular flexibility index (Phi) is 5.49. The molecule has 1 aromatic heterocycles. The van der Waals surface area contributed by atoms with Crippen molar-refractivity contribution in [3.8, 4) is 11.1 Å². The summed E-state index contributed by atoms with van der Waals surface area (Å²) in [4.78, 5) is 16.3. The highest BCUT2D eigenvalue weighted by molar-refractivity contribution is 9.10. The van der Waals surface area contributed by atoms with Crippen molar-refractivity contribution in [1.82, 2.24) is 9.55 Å². The number of carbonyl (C=O) groups is 1. The number of carboxylic acid groups (broad SMARTS) is 1. The van der Waals surface area contributed by atoms with Crippen LogP contribution >= 0.6 is 15.9 Å². The van der Waals surface area contributed by atoms with Crippen LogP contribution in [0.4, 0.5) is 0 Å². The van der Waals surface area contributed by atoms with Gasteiger partial charge in [0.2, 0.25) is 0 Å². The fourth-order valence-electron chi connectivity index (χ4n) is 3.63. The maximum atomic E-state index is 11.5. The van der Waals surface area contributed by atoms with Crippen molar-refractivity contribution in [3.05, 3.63) is 88.2 Å². The molecule has 0 atom stereocenters. The number of rotatable bonds is 6. The van der Waals surface area contributed by atoms with E-state index in [1.54, 1.807) is 12.1 Å². The third kappa shape index (κ3) is 3.96. The number of imidazole rings is 1. The molecule has 0 saturated carbocycles. The predicted octanol–water partition coefficient (Wildman–Crippen LogP) is 6.16. The number of nitrogens with zero attached hydrogens (tertiary/aromatic N) is 2. The van der Waals surface area contributed by atoms with Crippen LogP contribution in [0.15, 0.2) is 71.2 Å². The first kappa shape index (κ1) is 19.4. The lowest BCUT2D eigenvalue weighted by molar-refractivity contribution is 0.0697. The maximum Gasteiger partial charge on any atom is 0.336 e. The summed E-state index contributed by atoms with van der Waals surface area (Å²) in [5, 5.41) is 9.44. The van der Waals surface area contributed by atoms with Crippen LogP contribution in [0.5, 0.6) is 0 Å². The zero-order valence-electron chi connectivity index (χ0n) is 16.1. The second kappa shape index (κ2) is 8.21. The number of aromatic carboxylic acids is 1. The molecule has 1 heterocycles. The predicted molar refractivity (Wildman–Crippen MR) is 119 cm³/mol. The van der Waals surface area contributed by atoms with E-state index in [-0.39, 0.29) is 0 Å². The van der Waals surface area contributed by atoms with Gasteiger partial charge < -0.3 is 9.67 Å². The number of aromatic nitrogens is 2. The zero-order chi connectivity index (χ0) is 20.4. The number of aryl methyl sites for hydroxylation is 1. The van der Waals surface area contributed by atoms with Gasteiger partial charge in [-0.05, 0) is 47.4 Å². The molecule has 29 heavy (non-hydrogen) atoms.